The van der Waals surface area contributed by atoms with E-state index in [1.807, 2.05) is 0 Å². The summed E-state index contributed by atoms with van der Waals surface area (Å²) in [5.41, 5.74) is 0. The largest absolute Gasteiger partial charge is 0.355 e. The van der Waals surface area contributed by atoms with Crippen molar-refractivity contribution < 1.29 is 9.47 Å². The first-order valence-electron chi connectivity index (χ1n) is 5.80. The van der Waals surface area contributed by atoms with Crippen LogP contribution in [0, 0.1) is 0 Å². The Morgan fingerprint density at radius 3 is 2.00 bits per heavy atom. The summed E-state index contributed by atoms with van der Waals surface area (Å²) in [7, 11) is 3.39. The fraction of sp³-hybridized carbons (Fsp3) is 1.00. The predicted octanol–water partition coefficient (Wildman–Crippen LogP) is 0.633. The third kappa shape index (κ3) is 4.47. The molecule has 1 heterocycles. The molecule has 0 atom stereocenters. The van der Waals surface area contributed by atoms with Crippen LogP contribution in [0.5, 0.6) is 0 Å². The van der Waals surface area contributed by atoms with E-state index in [-0.39, 0.29) is 6.29 Å². The van der Waals surface area contributed by atoms with Gasteiger partial charge in [0, 0.05) is 46.9 Å². The molecule has 15 heavy (non-hydrogen) atoms. The van der Waals surface area contributed by atoms with Crippen molar-refractivity contribution in [3.05, 3.63) is 0 Å². The zero-order valence-electron chi connectivity index (χ0n) is 10.2. The second-order valence-corrected chi connectivity index (χ2v) is 4.04. The number of piperazine rings is 1. The molecular weight excluding hydrogens is 192 g/mol. The third-order valence-electron chi connectivity index (χ3n) is 2.94. The van der Waals surface area contributed by atoms with E-state index in [4.69, 9.17) is 9.47 Å². The molecular formula is C11H24N2O2. The van der Waals surface area contributed by atoms with Gasteiger partial charge in [-0.2, -0.15) is 0 Å². The highest BCUT2D eigenvalue weighted by atomic mass is 16.7. The van der Waals surface area contributed by atoms with Gasteiger partial charge in [0.05, 0.1) is 0 Å². The van der Waals surface area contributed by atoms with Gasteiger partial charge in [-0.15, -0.1) is 0 Å². The van der Waals surface area contributed by atoms with E-state index >= 15 is 0 Å². The molecule has 0 saturated carbocycles. The standard InChI is InChI=1S/C11H24N2O2/c1-4-5-12-6-8-13(9-7-12)10-11(14-2)15-3/h11H,4-10H2,1-3H3. The Balaban J connectivity index is 2.19. The summed E-state index contributed by atoms with van der Waals surface area (Å²) >= 11 is 0. The van der Waals surface area contributed by atoms with Crippen LogP contribution in [0.15, 0.2) is 0 Å². The number of methoxy groups -OCH3 is 2. The number of hydrogen-bond acceptors (Lipinski definition) is 4. The normalized spacial score (nSPS) is 20.0. The van der Waals surface area contributed by atoms with Crippen LogP contribution >= 0.6 is 0 Å². The van der Waals surface area contributed by atoms with E-state index in [0.717, 1.165) is 19.6 Å². The Hall–Kier alpha value is -0.160. The summed E-state index contributed by atoms with van der Waals surface area (Å²) < 4.78 is 10.4. The Morgan fingerprint density at radius 1 is 1.00 bits per heavy atom. The van der Waals surface area contributed by atoms with Crippen molar-refractivity contribution >= 4 is 0 Å². The van der Waals surface area contributed by atoms with Gasteiger partial charge in [-0.3, -0.25) is 4.90 Å². The maximum absolute atomic E-state index is 5.20. The molecule has 1 fully saturated rings. The molecule has 0 aromatic rings. The monoisotopic (exact) mass is 216 g/mol. The molecule has 0 radical (unpaired) electrons. The van der Waals surface area contributed by atoms with Crippen molar-refractivity contribution in [1.82, 2.24) is 9.80 Å². The van der Waals surface area contributed by atoms with Crippen LogP contribution in [0.4, 0.5) is 0 Å². The highest BCUT2D eigenvalue weighted by molar-refractivity contribution is 4.72. The van der Waals surface area contributed by atoms with Crippen molar-refractivity contribution in [2.45, 2.75) is 19.6 Å². The summed E-state index contributed by atoms with van der Waals surface area (Å²) in [5, 5.41) is 0. The minimum Gasteiger partial charge on any atom is -0.355 e. The lowest BCUT2D eigenvalue weighted by atomic mass is 10.3. The summed E-state index contributed by atoms with van der Waals surface area (Å²) in [6, 6.07) is 0. The Kier molecular flexibility index (Phi) is 6.17. The Bertz CT molecular complexity index is 155. The van der Waals surface area contributed by atoms with Gasteiger partial charge in [-0.25, -0.2) is 0 Å². The van der Waals surface area contributed by atoms with E-state index in [2.05, 4.69) is 16.7 Å². The number of nitrogens with zero attached hydrogens (tertiary/aromatic N) is 2. The highest BCUT2D eigenvalue weighted by Gasteiger charge is 2.18. The van der Waals surface area contributed by atoms with Gasteiger partial charge >= 0.3 is 0 Å². The minimum atomic E-state index is -0.0808. The molecule has 1 saturated heterocycles. The van der Waals surface area contributed by atoms with Gasteiger partial charge in [-0.05, 0) is 13.0 Å². The average Bonchev–Trinajstić information content (AvgIpc) is 2.28. The van der Waals surface area contributed by atoms with Crippen molar-refractivity contribution in [3.63, 3.8) is 0 Å². The van der Waals surface area contributed by atoms with Crippen LogP contribution < -0.4 is 0 Å². The predicted molar refractivity (Wildman–Crippen MR) is 61.0 cm³/mol. The molecule has 0 N–H and O–H groups in total. The maximum Gasteiger partial charge on any atom is 0.169 e. The van der Waals surface area contributed by atoms with E-state index in [1.54, 1.807) is 14.2 Å². The van der Waals surface area contributed by atoms with Crippen LogP contribution in [-0.2, 0) is 9.47 Å². The van der Waals surface area contributed by atoms with Gasteiger partial charge in [0.25, 0.3) is 0 Å². The molecule has 0 aliphatic carbocycles. The van der Waals surface area contributed by atoms with Crippen molar-refractivity contribution in [1.29, 1.82) is 0 Å². The number of hydrogen-bond donors (Lipinski definition) is 0. The van der Waals surface area contributed by atoms with Crippen LogP contribution in [0.25, 0.3) is 0 Å². The van der Waals surface area contributed by atoms with Crippen molar-refractivity contribution in [2.75, 3.05) is 53.5 Å². The second-order valence-electron chi connectivity index (χ2n) is 4.04. The molecule has 0 unspecified atom stereocenters. The first-order chi connectivity index (χ1) is 7.30. The van der Waals surface area contributed by atoms with E-state index < -0.39 is 0 Å². The second kappa shape index (κ2) is 7.17. The SMILES string of the molecule is CCCN1CCN(CC(OC)OC)CC1. The zero-order chi connectivity index (χ0) is 11.1. The molecule has 1 rings (SSSR count). The number of rotatable bonds is 6. The molecule has 0 aromatic heterocycles. The van der Waals surface area contributed by atoms with Gasteiger partial charge < -0.3 is 14.4 Å². The first-order valence-corrected chi connectivity index (χ1v) is 5.80. The summed E-state index contributed by atoms with van der Waals surface area (Å²) in [4.78, 5) is 4.93. The molecule has 1 aliphatic rings. The maximum atomic E-state index is 5.20. The quantitative estimate of drug-likeness (QED) is 0.608. The smallest absolute Gasteiger partial charge is 0.169 e. The minimum absolute atomic E-state index is 0.0808. The molecule has 90 valence electrons. The van der Waals surface area contributed by atoms with Gasteiger partial charge in [0.1, 0.15) is 0 Å². The molecule has 1 aliphatic heterocycles. The number of ether oxygens (including phenoxy) is 2. The first kappa shape index (κ1) is 12.9. The molecule has 4 nitrogen and oxygen atoms in total. The van der Waals surface area contributed by atoms with Gasteiger partial charge in [0.15, 0.2) is 6.29 Å². The molecule has 4 heteroatoms. The molecule has 0 spiro atoms. The topological polar surface area (TPSA) is 24.9 Å². The van der Waals surface area contributed by atoms with Crippen molar-refractivity contribution in [2.24, 2.45) is 0 Å². The fourth-order valence-corrected chi connectivity index (χ4v) is 1.97. The van der Waals surface area contributed by atoms with E-state index in [9.17, 15) is 0 Å². The molecule has 0 amide bonds. The summed E-state index contributed by atoms with van der Waals surface area (Å²) in [6.07, 6.45) is 1.17. The van der Waals surface area contributed by atoms with E-state index in [0.29, 0.717) is 0 Å². The fourth-order valence-electron chi connectivity index (χ4n) is 1.97. The summed E-state index contributed by atoms with van der Waals surface area (Å²) in [5.74, 6) is 0. The van der Waals surface area contributed by atoms with Crippen molar-refractivity contribution in [3.8, 4) is 0 Å². The van der Waals surface area contributed by atoms with Gasteiger partial charge in [-0.1, -0.05) is 6.92 Å². The average molecular weight is 216 g/mol. The third-order valence-corrected chi connectivity index (χ3v) is 2.94. The Labute approximate surface area is 93.1 Å². The van der Waals surface area contributed by atoms with E-state index in [1.165, 1.54) is 26.1 Å². The lowest BCUT2D eigenvalue weighted by Gasteiger charge is -2.35. The zero-order valence-corrected chi connectivity index (χ0v) is 10.2. The summed E-state index contributed by atoms with van der Waals surface area (Å²) in [6.45, 7) is 8.95. The Morgan fingerprint density at radius 2 is 1.53 bits per heavy atom. The van der Waals surface area contributed by atoms with Gasteiger partial charge in [0.2, 0.25) is 0 Å². The highest BCUT2D eigenvalue weighted by Crippen LogP contribution is 2.04. The van der Waals surface area contributed by atoms with Crippen LogP contribution in [-0.4, -0.2) is 69.6 Å². The van der Waals surface area contributed by atoms with Crippen LogP contribution in [0.2, 0.25) is 0 Å². The molecule has 0 bridgehead atoms. The lowest BCUT2D eigenvalue weighted by Crippen LogP contribution is -2.49. The van der Waals surface area contributed by atoms with Crippen LogP contribution in [0.3, 0.4) is 0 Å². The van der Waals surface area contributed by atoms with Crippen LogP contribution in [0.1, 0.15) is 13.3 Å². The molecule has 0 aromatic carbocycles. The lowest BCUT2D eigenvalue weighted by molar-refractivity contribution is -0.119.